The van der Waals surface area contributed by atoms with Crippen molar-refractivity contribution in [3.8, 4) is 5.75 Å². The number of rotatable bonds is 5. The Morgan fingerprint density at radius 1 is 1.29 bits per heavy atom. The fourth-order valence-electron chi connectivity index (χ4n) is 2.33. The van der Waals surface area contributed by atoms with Gasteiger partial charge in [0.2, 0.25) is 0 Å². The normalized spacial score (nSPS) is 12.0. The van der Waals surface area contributed by atoms with E-state index in [4.69, 9.17) is 10.5 Å². The molecule has 0 bridgehead atoms. The summed E-state index contributed by atoms with van der Waals surface area (Å²) in [5.41, 5.74) is 7.68. The predicted octanol–water partition coefficient (Wildman–Crippen LogP) is 3.73. The van der Waals surface area contributed by atoms with E-state index in [0.29, 0.717) is 6.54 Å². The molecule has 2 N–H and O–H groups in total. The van der Waals surface area contributed by atoms with Gasteiger partial charge in [0.25, 0.3) is 0 Å². The molecule has 1 unspecified atom stereocenters. The molecule has 3 nitrogen and oxygen atoms in total. The van der Waals surface area contributed by atoms with Crippen LogP contribution >= 0.6 is 15.9 Å². The second kappa shape index (κ2) is 6.91. The van der Waals surface area contributed by atoms with Crippen LogP contribution in [0.5, 0.6) is 5.75 Å². The van der Waals surface area contributed by atoms with Crippen LogP contribution in [0.15, 0.2) is 46.9 Å². The molecule has 0 saturated carbocycles. The Hall–Kier alpha value is -1.59. The molecule has 0 fully saturated rings. The van der Waals surface area contributed by atoms with Gasteiger partial charge in [-0.1, -0.05) is 22.0 Å². The van der Waals surface area contributed by atoms with Gasteiger partial charge >= 0.3 is 0 Å². The van der Waals surface area contributed by atoms with Crippen LogP contribution in [0.25, 0.3) is 0 Å². The van der Waals surface area contributed by atoms with Gasteiger partial charge < -0.3 is 15.4 Å². The number of methoxy groups -OCH3 is 1. The number of benzene rings is 2. The zero-order chi connectivity index (χ0) is 15.4. The number of nitrogens with zero attached hydrogens (tertiary/aromatic N) is 1. The molecule has 21 heavy (non-hydrogen) atoms. The van der Waals surface area contributed by atoms with E-state index in [-0.39, 0.29) is 11.9 Å². The Bertz CT molecular complexity index is 621. The van der Waals surface area contributed by atoms with Crippen LogP contribution in [0.1, 0.15) is 11.6 Å². The molecule has 0 heterocycles. The lowest BCUT2D eigenvalue weighted by molar-refractivity contribution is 0.405. The Labute approximate surface area is 132 Å². The van der Waals surface area contributed by atoms with E-state index in [0.717, 1.165) is 21.5 Å². The van der Waals surface area contributed by atoms with Crippen molar-refractivity contribution < 1.29 is 9.13 Å². The van der Waals surface area contributed by atoms with Gasteiger partial charge in [-0.15, -0.1) is 0 Å². The van der Waals surface area contributed by atoms with E-state index in [1.165, 1.54) is 12.1 Å². The van der Waals surface area contributed by atoms with Crippen molar-refractivity contribution in [2.24, 2.45) is 5.73 Å². The molecule has 112 valence electrons. The predicted molar refractivity (Wildman–Crippen MR) is 87.3 cm³/mol. The maximum Gasteiger partial charge on any atom is 0.125 e. The summed E-state index contributed by atoms with van der Waals surface area (Å²) in [6.07, 6.45) is 0. The highest BCUT2D eigenvalue weighted by molar-refractivity contribution is 9.10. The number of hydrogen-bond donors (Lipinski definition) is 1. The van der Waals surface area contributed by atoms with Crippen LogP contribution in [0.4, 0.5) is 10.1 Å². The summed E-state index contributed by atoms with van der Waals surface area (Å²) >= 11 is 3.47. The first-order valence-corrected chi connectivity index (χ1v) is 7.38. The molecule has 2 aromatic rings. The molecule has 0 aliphatic rings. The molecule has 0 aliphatic heterocycles. The first-order chi connectivity index (χ1) is 10.1. The number of anilines is 1. The minimum absolute atomic E-state index is 0.112. The van der Waals surface area contributed by atoms with Crippen molar-refractivity contribution in [2.75, 3.05) is 25.6 Å². The average molecular weight is 353 g/mol. The molecular formula is C16H18BrFN2O. The highest BCUT2D eigenvalue weighted by atomic mass is 79.9. The molecule has 5 heteroatoms. The fraction of sp³-hybridized carbons (Fsp3) is 0.250. The largest absolute Gasteiger partial charge is 0.496 e. The topological polar surface area (TPSA) is 38.5 Å². The fourth-order valence-corrected chi connectivity index (χ4v) is 2.71. The summed E-state index contributed by atoms with van der Waals surface area (Å²) in [6.45, 7) is 0.389. The molecule has 0 saturated heterocycles. The van der Waals surface area contributed by atoms with Crippen molar-refractivity contribution in [3.63, 3.8) is 0 Å². The summed E-state index contributed by atoms with van der Waals surface area (Å²) in [6, 6.07) is 12.1. The van der Waals surface area contributed by atoms with Crippen LogP contribution in [0.2, 0.25) is 0 Å². The minimum atomic E-state index is -0.267. The standard InChI is InChI=1S/C16H18BrFN2O/c1-20(13-5-3-4-12(18)9-13)15(10-19)14-8-11(17)6-7-16(14)21-2/h3-9,15H,10,19H2,1-2H3. The van der Waals surface area contributed by atoms with E-state index in [1.807, 2.05) is 36.2 Å². The summed E-state index contributed by atoms with van der Waals surface area (Å²) < 4.78 is 19.8. The Balaban J connectivity index is 2.41. The Morgan fingerprint density at radius 2 is 2.05 bits per heavy atom. The van der Waals surface area contributed by atoms with Gasteiger partial charge in [-0.25, -0.2) is 4.39 Å². The molecule has 1 atom stereocenters. The van der Waals surface area contributed by atoms with Crippen LogP contribution < -0.4 is 15.4 Å². The summed E-state index contributed by atoms with van der Waals surface area (Å²) in [7, 11) is 3.52. The smallest absolute Gasteiger partial charge is 0.125 e. The molecular weight excluding hydrogens is 335 g/mol. The summed E-state index contributed by atoms with van der Waals surface area (Å²) in [5.74, 6) is 0.494. The van der Waals surface area contributed by atoms with E-state index in [2.05, 4.69) is 15.9 Å². The summed E-state index contributed by atoms with van der Waals surface area (Å²) in [5, 5.41) is 0. The number of ether oxygens (including phenoxy) is 1. The Morgan fingerprint density at radius 3 is 2.67 bits per heavy atom. The van der Waals surface area contributed by atoms with Gasteiger partial charge in [-0.3, -0.25) is 0 Å². The van der Waals surface area contributed by atoms with Crippen LogP contribution in [-0.2, 0) is 0 Å². The second-order valence-corrected chi connectivity index (χ2v) is 5.64. The third-order valence-electron chi connectivity index (χ3n) is 3.46. The second-order valence-electron chi connectivity index (χ2n) is 4.73. The summed E-state index contributed by atoms with van der Waals surface area (Å²) in [4.78, 5) is 1.95. The molecule has 0 aromatic heterocycles. The third-order valence-corrected chi connectivity index (χ3v) is 3.95. The van der Waals surface area contributed by atoms with Crippen LogP contribution in [0, 0.1) is 5.82 Å². The quantitative estimate of drug-likeness (QED) is 0.890. The monoisotopic (exact) mass is 352 g/mol. The zero-order valence-electron chi connectivity index (χ0n) is 12.0. The molecule has 2 aromatic carbocycles. The van der Waals surface area contributed by atoms with Gasteiger partial charge in [0.05, 0.1) is 13.2 Å². The zero-order valence-corrected chi connectivity index (χ0v) is 13.6. The highest BCUT2D eigenvalue weighted by Gasteiger charge is 2.20. The average Bonchev–Trinajstić information content (AvgIpc) is 2.48. The van der Waals surface area contributed by atoms with Crippen molar-refractivity contribution >= 4 is 21.6 Å². The Kier molecular flexibility index (Phi) is 5.20. The molecule has 0 radical (unpaired) electrons. The third kappa shape index (κ3) is 3.54. The molecule has 0 aliphatic carbocycles. The maximum absolute atomic E-state index is 13.4. The lowest BCUT2D eigenvalue weighted by Gasteiger charge is -2.30. The lowest BCUT2D eigenvalue weighted by Crippen LogP contribution is -2.30. The van der Waals surface area contributed by atoms with E-state index < -0.39 is 0 Å². The number of halogens is 2. The van der Waals surface area contributed by atoms with Crippen molar-refractivity contribution in [3.05, 3.63) is 58.3 Å². The lowest BCUT2D eigenvalue weighted by atomic mass is 10.0. The highest BCUT2D eigenvalue weighted by Crippen LogP contribution is 2.33. The van der Waals surface area contributed by atoms with Crippen molar-refractivity contribution in [1.29, 1.82) is 0 Å². The first kappa shape index (κ1) is 15.8. The molecule has 0 amide bonds. The number of likely N-dealkylation sites (N-methyl/N-ethyl adjacent to an activating group) is 1. The molecule has 0 spiro atoms. The van der Waals surface area contributed by atoms with E-state index in [1.54, 1.807) is 13.2 Å². The number of nitrogens with two attached hydrogens (primary N) is 1. The van der Waals surface area contributed by atoms with Crippen LogP contribution in [-0.4, -0.2) is 20.7 Å². The van der Waals surface area contributed by atoms with Gasteiger partial charge in [0, 0.05) is 29.3 Å². The SMILES string of the molecule is COc1ccc(Br)cc1C(CN)N(C)c1cccc(F)c1. The minimum Gasteiger partial charge on any atom is -0.496 e. The molecule has 2 rings (SSSR count). The van der Waals surface area contributed by atoms with Gasteiger partial charge in [-0.2, -0.15) is 0 Å². The number of hydrogen-bond acceptors (Lipinski definition) is 3. The van der Waals surface area contributed by atoms with Gasteiger partial charge in [0.1, 0.15) is 11.6 Å². The van der Waals surface area contributed by atoms with Gasteiger partial charge in [0.15, 0.2) is 0 Å². The van der Waals surface area contributed by atoms with Crippen molar-refractivity contribution in [2.45, 2.75) is 6.04 Å². The maximum atomic E-state index is 13.4. The van der Waals surface area contributed by atoms with Gasteiger partial charge in [-0.05, 0) is 36.4 Å². The first-order valence-electron chi connectivity index (χ1n) is 6.58. The van der Waals surface area contributed by atoms with Crippen LogP contribution in [0.3, 0.4) is 0 Å². The van der Waals surface area contributed by atoms with E-state index in [9.17, 15) is 4.39 Å². The van der Waals surface area contributed by atoms with Crippen molar-refractivity contribution in [1.82, 2.24) is 0 Å². The van der Waals surface area contributed by atoms with E-state index >= 15 is 0 Å².